The molecular weight excluding hydrogens is 290 g/mol. The van der Waals surface area contributed by atoms with Gasteiger partial charge in [0.2, 0.25) is 5.91 Å². The van der Waals surface area contributed by atoms with Gasteiger partial charge >= 0.3 is 5.69 Å². The lowest BCUT2D eigenvalue weighted by molar-refractivity contribution is -0.117. The number of amides is 1. The van der Waals surface area contributed by atoms with Crippen LogP contribution in [0.1, 0.15) is 32.1 Å². The first-order valence-corrected chi connectivity index (χ1v) is 8.48. The molecule has 5 nitrogen and oxygen atoms in total. The van der Waals surface area contributed by atoms with Crippen LogP contribution in [-0.2, 0) is 18.9 Å². The van der Waals surface area contributed by atoms with Gasteiger partial charge in [-0.05, 0) is 55.2 Å². The molecule has 0 saturated heterocycles. The molecule has 1 aromatic carbocycles. The molecule has 1 heterocycles. The molecule has 1 amide bonds. The molecule has 2 fully saturated rings. The maximum atomic E-state index is 12.4. The summed E-state index contributed by atoms with van der Waals surface area (Å²) in [6.07, 6.45) is 5.86. The predicted octanol–water partition coefficient (Wildman–Crippen LogP) is 2.64. The summed E-state index contributed by atoms with van der Waals surface area (Å²) in [5, 5.41) is 3.01. The van der Waals surface area contributed by atoms with Crippen LogP contribution in [0.15, 0.2) is 23.0 Å². The molecule has 4 rings (SSSR count). The van der Waals surface area contributed by atoms with Crippen LogP contribution in [0.25, 0.3) is 11.0 Å². The molecule has 0 spiro atoms. The van der Waals surface area contributed by atoms with E-state index in [9.17, 15) is 9.59 Å². The van der Waals surface area contributed by atoms with E-state index in [1.807, 2.05) is 18.2 Å². The van der Waals surface area contributed by atoms with Crippen molar-refractivity contribution in [3.8, 4) is 0 Å². The highest BCUT2D eigenvalue weighted by molar-refractivity contribution is 5.93. The van der Waals surface area contributed by atoms with Gasteiger partial charge in [0.1, 0.15) is 0 Å². The van der Waals surface area contributed by atoms with Crippen molar-refractivity contribution in [2.75, 3.05) is 5.32 Å². The first-order chi connectivity index (χ1) is 11.0. The van der Waals surface area contributed by atoms with Crippen LogP contribution in [0.3, 0.4) is 0 Å². The first kappa shape index (κ1) is 14.5. The molecule has 2 bridgehead atoms. The van der Waals surface area contributed by atoms with Crippen molar-refractivity contribution in [2.45, 2.75) is 32.1 Å². The second-order valence-electron chi connectivity index (χ2n) is 7.29. The van der Waals surface area contributed by atoms with Crippen molar-refractivity contribution in [3.63, 3.8) is 0 Å². The Balaban J connectivity index is 1.50. The molecule has 0 aliphatic heterocycles. The standard InChI is InChI=1S/C18H23N3O2/c1-20-15-6-5-14(10-16(15)21(2)18(20)23)19-17(22)9-13-8-11-3-4-12(13)7-11/h5-6,10-13H,3-4,7-9H2,1-2H3,(H,19,22). The summed E-state index contributed by atoms with van der Waals surface area (Å²) in [4.78, 5) is 24.3. The molecule has 5 heteroatoms. The summed E-state index contributed by atoms with van der Waals surface area (Å²) < 4.78 is 3.23. The van der Waals surface area contributed by atoms with Crippen molar-refractivity contribution in [2.24, 2.45) is 31.8 Å². The van der Waals surface area contributed by atoms with Crippen LogP contribution in [0.5, 0.6) is 0 Å². The van der Waals surface area contributed by atoms with Crippen LogP contribution in [-0.4, -0.2) is 15.0 Å². The monoisotopic (exact) mass is 313 g/mol. The summed E-state index contributed by atoms with van der Waals surface area (Å²) in [6.45, 7) is 0. The van der Waals surface area contributed by atoms with Gasteiger partial charge in [-0.2, -0.15) is 0 Å². The number of anilines is 1. The number of aryl methyl sites for hydroxylation is 2. The van der Waals surface area contributed by atoms with E-state index in [0.29, 0.717) is 12.3 Å². The van der Waals surface area contributed by atoms with Gasteiger partial charge in [0, 0.05) is 26.2 Å². The van der Waals surface area contributed by atoms with Gasteiger partial charge in [-0.1, -0.05) is 6.42 Å². The third kappa shape index (κ3) is 2.38. The smallest absolute Gasteiger partial charge is 0.326 e. The summed E-state index contributed by atoms with van der Waals surface area (Å²) >= 11 is 0. The Morgan fingerprint density at radius 3 is 2.65 bits per heavy atom. The Morgan fingerprint density at radius 1 is 1.17 bits per heavy atom. The van der Waals surface area contributed by atoms with Crippen LogP contribution in [0.2, 0.25) is 0 Å². The number of carbonyl (C=O) groups is 1. The van der Waals surface area contributed by atoms with Crippen LogP contribution in [0, 0.1) is 17.8 Å². The zero-order valence-electron chi connectivity index (χ0n) is 13.7. The third-order valence-corrected chi connectivity index (χ3v) is 5.89. The van der Waals surface area contributed by atoms with Crippen molar-refractivity contribution in [3.05, 3.63) is 28.7 Å². The molecule has 3 atom stereocenters. The fourth-order valence-corrected chi connectivity index (χ4v) is 4.66. The van der Waals surface area contributed by atoms with Gasteiger partial charge < -0.3 is 5.32 Å². The molecule has 2 saturated carbocycles. The highest BCUT2D eigenvalue weighted by Crippen LogP contribution is 2.49. The molecule has 1 N–H and O–H groups in total. The highest BCUT2D eigenvalue weighted by Gasteiger charge is 2.40. The lowest BCUT2D eigenvalue weighted by Gasteiger charge is -2.20. The van der Waals surface area contributed by atoms with Crippen LogP contribution < -0.4 is 11.0 Å². The number of fused-ring (bicyclic) bond motifs is 3. The summed E-state index contributed by atoms with van der Waals surface area (Å²) in [7, 11) is 3.52. The normalized spacial score (nSPS) is 26.1. The number of carbonyl (C=O) groups excluding carboxylic acids is 1. The Kier molecular flexibility index (Phi) is 3.32. The number of benzene rings is 1. The van der Waals surface area contributed by atoms with Gasteiger partial charge in [-0.15, -0.1) is 0 Å². The average Bonchev–Trinajstić information content (AvgIpc) is 3.19. The highest BCUT2D eigenvalue weighted by atomic mass is 16.2. The minimum atomic E-state index is -0.0505. The third-order valence-electron chi connectivity index (χ3n) is 5.89. The largest absolute Gasteiger partial charge is 0.328 e. The fourth-order valence-electron chi connectivity index (χ4n) is 4.66. The number of hydrogen-bond donors (Lipinski definition) is 1. The minimum absolute atomic E-state index is 0.0505. The van der Waals surface area contributed by atoms with Crippen molar-refractivity contribution in [1.82, 2.24) is 9.13 Å². The van der Waals surface area contributed by atoms with Crippen molar-refractivity contribution in [1.29, 1.82) is 0 Å². The molecular formula is C18H23N3O2. The van der Waals surface area contributed by atoms with Gasteiger partial charge in [0.15, 0.2) is 0 Å². The molecule has 3 unspecified atom stereocenters. The summed E-state index contributed by atoms with van der Waals surface area (Å²) in [5.74, 6) is 2.30. The Morgan fingerprint density at radius 2 is 1.96 bits per heavy atom. The average molecular weight is 313 g/mol. The Bertz CT molecular complexity index is 833. The Hall–Kier alpha value is -2.04. The Labute approximate surface area is 135 Å². The quantitative estimate of drug-likeness (QED) is 0.947. The van der Waals surface area contributed by atoms with E-state index >= 15 is 0 Å². The molecule has 2 aromatic rings. The zero-order chi connectivity index (χ0) is 16.1. The van der Waals surface area contributed by atoms with E-state index in [0.717, 1.165) is 28.6 Å². The number of hydrogen-bond acceptors (Lipinski definition) is 2. The maximum absolute atomic E-state index is 12.4. The number of aromatic nitrogens is 2. The second kappa shape index (κ2) is 5.25. The van der Waals surface area contributed by atoms with E-state index < -0.39 is 0 Å². The van der Waals surface area contributed by atoms with Crippen molar-refractivity contribution >= 4 is 22.6 Å². The predicted molar refractivity (Wildman–Crippen MR) is 90.3 cm³/mol. The van der Waals surface area contributed by atoms with Gasteiger partial charge in [-0.3, -0.25) is 13.9 Å². The van der Waals surface area contributed by atoms with Crippen molar-refractivity contribution < 1.29 is 4.79 Å². The van der Waals surface area contributed by atoms with Gasteiger partial charge in [-0.25, -0.2) is 4.79 Å². The number of imidazole rings is 1. The lowest BCUT2D eigenvalue weighted by atomic mass is 9.86. The summed E-state index contributed by atoms with van der Waals surface area (Å²) in [6, 6.07) is 5.65. The van der Waals surface area contributed by atoms with E-state index in [-0.39, 0.29) is 11.6 Å². The van der Waals surface area contributed by atoms with Gasteiger partial charge in [0.05, 0.1) is 11.0 Å². The molecule has 122 valence electrons. The van der Waals surface area contributed by atoms with E-state index in [1.54, 1.807) is 23.2 Å². The number of rotatable bonds is 3. The molecule has 23 heavy (non-hydrogen) atoms. The maximum Gasteiger partial charge on any atom is 0.328 e. The number of nitrogens with one attached hydrogen (secondary N) is 1. The lowest BCUT2D eigenvalue weighted by Crippen LogP contribution is -2.20. The summed E-state index contributed by atoms with van der Waals surface area (Å²) in [5.41, 5.74) is 2.44. The van der Waals surface area contributed by atoms with E-state index in [2.05, 4.69) is 5.32 Å². The van der Waals surface area contributed by atoms with Gasteiger partial charge in [0.25, 0.3) is 0 Å². The minimum Gasteiger partial charge on any atom is -0.326 e. The zero-order valence-corrected chi connectivity index (χ0v) is 13.7. The topological polar surface area (TPSA) is 56.0 Å². The molecule has 2 aliphatic carbocycles. The molecule has 1 aromatic heterocycles. The van der Waals surface area contributed by atoms with E-state index in [4.69, 9.17) is 0 Å². The SMILES string of the molecule is Cn1c(=O)n(C)c2cc(NC(=O)CC3CC4CCC3C4)ccc21. The molecule has 0 radical (unpaired) electrons. The second-order valence-corrected chi connectivity index (χ2v) is 7.29. The molecule has 2 aliphatic rings. The van der Waals surface area contributed by atoms with E-state index in [1.165, 1.54) is 25.7 Å². The number of nitrogens with zero attached hydrogens (tertiary/aromatic N) is 2. The van der Waals surface area contributed by atoms with Crippen LogP contribution in [0.4, 0.5) is 5.69 Å². The van der Waals surface area contributed by atoms with Crippen LogP contribution >= 0.6 is 0 Å². The fraction of sp³-hybridized carbons (Fsp3) is 0.556. The first-order valence-electron chi connectivity index (χ1n) is 8.48.